The lowest BCUT2D eigenvalue weighted by Gasteiger charge is -2.21. The van der Waals surface area contributed by atoms with E-state index in [0.717, 1.165) is 6.42 Å². The molecule has 0 aromatic heterocycles. The molecule has 0 heterocycles. The third-order valence-corrected chi connectivity index (χ3v) is 2.71. The van der Waals surface area contributed by atoms with Crippen molar-refractivity contribution in [1.29, 1.82) is 0 Å². The molecule has 1 fully saturated rings. The van der Waals surface area contributed by atoms with Crippen LogP contribution >= 0.6 is 0 Å². The summed E-state index contributed by atoms with van der Waals surface area (Å²) in [6, 6.07) is 0.789. The molecule has 2 nitrogen and oxygen atoms in total. The van der Waals surface area contributed by atoms with E-state index in [2.05, 4.69) is 31.0 Å². The average molecular weight is 195 g/mol. The Bertz CT molecular complexity index is 216. The molecule has 0 bridgehead atoms. The molecular formula is C12H21NO. The second-order valence-electron chi connectivity index (χ2n) is 3.87. The minimum Gasteiger partial charge on any atom is -0.380 e. The number of rotatable bonds is 3. The Morgan fingerprint density at radius 2 is 2.29 bits per heavy atom. The summed E-state index contributed by atoms with van der Waals surface area (Å²) < 4.78 is 5.42. The minimum atomic E-state index is 0.288. The summed E-state index contributed by atoms with van der Waals surface area (Å²) in [5, 5.41) is 3.52. The van der Waals surface area contributed by atoms with Crippen LogP contribution in [0.5, 0.6) is 0 Å². The molecule has 1 rings (SSSR count). The van der Waals surface area contributed by atoms with E-state index in [1.54, 1.807) is 7.11 Å². The van der Waals surface area contributed by atoms with Crippen molar-refractivity contribution in [2.75, 3.05) is 7.11 Å². The lowest BCUT2D eigenvalue weighted by molar-refractivity contribution is 0.0839. The number of ether oxygens (including phenoxy) is 1. The van der Waals surface area contributed by atoms with Crippen LogP contribution in [0.3, 0.4) is 0 Å². The smallest absolute Gasteiger partial charge is 0.0724 e. The molecule has 0 saturated heterocycles. The molecule has 0 radical (unpaired) electrons. The zero-order chi connectivity index (χ0) is 10.4. The van der Waals surface area contributed by atoms with Crippen molar-refractivity contribution in [3.63, 3.8) is 0 Å². The van der Waals surface area contributed by atoms with Crippen molar-refractivity contribution in [2.24, 2.45) is 0 Å². The lowest BCUT2D eigenvalue weighted by Crippen LogP contribution is -2.41. The first-order chi connectivity index (χ1) is 6.77. The van der Waals surface area contributed by atoms with Crippen LogP contribution in [0.4, 0.5) is 0 Å². The van der Waals surface area contributed by atoms with Gasteiger partial charge >= 0.3 is 0 Å². The number of hydrogen-bond acceptors (Lipinski definition) is 2. The Balaban J connectivity index is 2.35. The van der Waals surface area contributed by atoms with E-state index in [4.69, 9.17) is 4.74 Å². The molecular weight excluding hydrogens is 174 g/mol. The molecule has 1 saturated carbocycles. The molecule has 2 heteroatoms. The van der Waals surface area contributed by atoms with Gasteiger partial charge in [0.1, 0.15) is 0 Å². The Labute approximate surface area is 87.4 Å². The molecule has 1 aliphatic rings. The van der Waals surface area contributed by atoms with Crippen molar-refractivity contribution in [3.05, 3.63) is 0 Å². The van der Waals surface area contributed by atoms with Gasteiger partial charge in [-0.15, -0.1) is 5.92 Å². The highest BCUT2D eigenvalue weighted by molar-refractivity contribution is 5.06. The van der Waals surface area contributed by atoms with E-state index in [1.807, 2.05) is 0 Å². The fourth-order valence-electron chi connectivity index (χ4n) is 2.02. The van der Waals surface area contributed by atoms with Crippen LogP contribution < -0.4 is 5.32 Å². The number of hydrogen-bond donors (Lipinski definition) is 1. The van der Waals surface area contributed by atoms with Crippen molar-refractivity contribution >= 4 is 0 Å². The Morgan fingerprint density at radius 3 is 2.93 bits per heavy atom. The second kappa shape index (κ2) is 6.06. The standard InChI is InChI=1S/C12H21NO/c1-4-5-7-10(2)13-11-8-6-9-12(11)14-3/h10-13H,4,6,8-9H2,1-3H3/t10?,11-,12-/m1/s1. The first-order valence-corrected chi connectivity index (χ1v) is 5.55. The molecule has 0 aromatic carbocycles. The highest BCUT2D eigenvalue weighted by Gasteiger charge is 2.27. The molecule has 0 amide bonds. The maximum atomic E-state index is 5.42. The van der Waals surface area contributed by atoms with Crippen molar-refractivity contribution < 1.29 is 4.74 Å². The highest BCUT2D eigenvalue weighted by Crippen LogP contribution is 2.21. The molecule has 0 aromatic rings. The van der Waals surface area contributed by atoms with Gasteiger partial charge in [0.15, 0.2) is 0 Å². The molecule has 0 aliphatic heterocycles. The zero-order valence-corrected chi connectivity index (χ0v) is 9.47. The Hall–Kier alpha value is -0.520. The zero-order valence-electron chi connectivity index (χ0n) is 9.47. The summed E-state index contributed by atoms with van der Waals surface area (Å²) in [4.78, 5) is 0. The van der Waals surface area contributed by atoms with E-state index in [9.17, 15) is 0 Å². The van der Waals surface area contributed by atoms with Gasteiger partial charge in [-0.05, 0) is 26.2 Å². The molecule has 3 atom stereocenters. The van der Waals surface area contributed by atoms with Gasteiger partial charge in [-0.25, -0.2) is 0 Å². The molecule has 1 aliphatic carbocycles. The number of methoxy groups -OCH3 is 1. The Kier molecular flexibility index (Phi) is 5.00. The molecule has 1 unspecified atom stereocenters. The van der Waals surface area contributed by atoms with Gasteiger partial charge in [0.2, 0.25) is 0 Å². The first-order valence-electron chi connectivity index (χ1n) is 5.55. The van der Waals surface area contributed by atoms with Gasteiger partial charge in [0, 0.05) is 19.6 Å². The van der Waals surface area contributed by atoms with Gasteiger partial charge < -0.3 is 4.74 Å². The van der Waals surface area contributed by atoms with Gasteiger partial charge in [-0.3, -0.25) is 5.32 Å². The minimum absolute atomic E-state index is 0.288. The largest absolute Gasteiger partial charge is 0.380 e. The van der Waals surface area contributed by atoms with Crippen LogP contribution in [-0.2, 0) is 4.74 Å². The quantitative estimate of drug-likeness (QED) is 0.695. The summed E-state index contributed by atoms with van der Waals surface area (Å²) in [6.45, 7) is 4.20. The van der Waals surface area contributed by atoms with Crippen LogP contribution in [0.15, 0.2) is 0 Å². The fourth-order valence-corrected chi connectivity index (χ4v) is 2.02. The third kappa shape index (κ3) is 3.32. The average Bonchev–Trinajstić information content (AvgIpc) is 2.62. The van der Waals surface area contributed by atoms with Gasteiger partial charge in [0.25, 0.3) is 0 Å². The monoisotopic (exact) mass is 195 g/mol. The van der Waals surface area contributed by atoms with E-state index < -0.39 is 0 Å². The van der Waals surface area contributed by atoms with Crippen LogP contribution in [0.1, 0.15) is 39.5 Å². The summed E-state index contributed by atoms with van der Waals surface area (Å²) in [5.74, 6) is 6.29. The van der Waals surface area contributed by atoms with Crippen LogP contribution in [0, 0.1) is 11.8 Å². The summed E-state index contributed by atoms with van der Waals surface area (Å²) in [7, 11) is 1.80. The lowest BCUT2D eigenvalue weighted by atomic mass is 10.2. The van der Waals surface area contributed by atoms with Crippen LogP contribution in [0.2, 0.25) is 0 Å². The van der Waals surface area contributed by atoms with Crippen molar-refractivity contribution in [3.8, 4) is 11.8 Å². The predicted molar refractivity (Wildman–Crippen MR) is 59.1 cm³/mol. The normalized spacial score (nSPS) is 28.2. The number of nitrogens with one attached hydrogen (secondary N) is 1. The summed E-state index contributed by atoms with van der Waals surface area (Å²) >= 11 is 0. The van der Waals surface area contributed by atoms with E-state index in [-0.39, 0.29) is 6.04 Å². The first kappa shape index (κ1) is 11.6. The molecule has 1 N–H and O–H groups in total. The second-order valence-corrected chi connectivity index (χ2v) is 3.87. The maximum Gasteiger partial charge on any atom is 0.0724 e. The fraction of sp³-hybridized carbons (Fsp3) is 0.833. The van der Waals surface area contributed by atoms with Gasteiger partial charge in [-0.2, -0.15) is 0 Å². The van der Waals surface area contributed by atoms with Crippen molar-refractivity contribution in [2.45, 2.75) is 57.7 Å². The highest BCUT2D eigenvalue weighted by atomic mass is 16.5. The Morgan fingerprint density at radius 1 is 1.50 bits per heavy atom. The van der Waals surface area contributed by atoms with E-state index in [1.165, 1.54) is 19.3 Å². The van der Waals surface area contributed by atoms with Crippen molar-refractivity contribution in [1.82, 2.24) is 5.32 Å². The predicted octanol–water partition coefficient (Wildman–Crippen LogP) is 1.95. The molecule has 0 spiro atoms. The van der Waals surface area contributed by atoms with Gasteiger partial charge in [0.05, 0.1) is 12.1 Å². The third-order valence-electron chi connectivity index (χ3n) is 2.71. The molecule has 14 heavy (non-hydrogen) atoms. The van der Waals surface area contributed by atoms with E-state index >= 15 is 0 Å². The SMILES string of the molecule is CCC#CC(C)N[C@@H]1CCC[C@H]1OC. The summed E-state index contributed by atoms with van der Waals surface area (Å²) in [5.41, 5.74) is 0. The van der Waals surface area contributed by atoms with E-state index in [0.29, 0.717) is 12.1 Å². The topological polar surface area (TPSA) is 21.3 Å². The summed E-state index contributed by atoms with van der Waals surface area (Å²) in [6.07, 6.45) is 4.99. The van der Waals surface area contributed by atoms with Gasteiger partial charge in [-0.1, -0.05) is 12.8 Å². The molecule has 80 valence electrons. The van der Waals surface area contributed by atoms with Crippen LogP contribution in [-0.4, -0.2) is 25.3 Å². The maximum absolute atomic E-state index is 5.42. The van der Waals surface area contributed by atoms with Crippen LogP contribution in [0.25, 0.3) is 0 Å².